The van der Waals surface area contributed by atoms with Gasteiger partial charge >= 0.3 is 6.03 Å². The molecule has 2 aromatic carbocycles. The third-order valence-electron chi connectivity index (χ3n) is 5.41. The first-order valence-electron chi connectivity index (χ1n) is 9.09. The third kappa shape index (κ3) is 2.67. The Morgan fingerprint density at radius 2 is 1.97 bits per heavy atom. The largest absolute Gasteiger partial charge is 0.497 e. The number of methoxy groups -OCH3 is 1. The molecule has 0 saturated carbocycles. The monoisotopic (exact) mass is 407 g/mol. The SMILES string of the molecule is COc1ccc2c(c1)C(=O)N(C[C@@]1(c3cc4ccccc4s3)NC(=O)NC1=O)C2. The van der Waals surface area contributed by atoms with Gasteiger partial charge in [0.25, 0.3) is 11.8 Å². The first kappa shape index (κ1) is 17.7. The maximum atomic E-state index is 13.0. The van der Waals surface area contributed by atoms with Gasteiger partial charge in [-0.1, -0.05) is 24.3 Å². The molecule has 4 amide bonds. The van der Waals surface area contributed by atoms with Crippen LogP contribution in [0.25, 0.3) is 10.1 Å². The number of nitrogens with one attached hydrogen (secondary N) is 2. The summed E-state index contributed by atoms with van der Waals surface area (Å²) in [5.74, 6) is -0.0335. The number of nitrogens with zero attached hydrogens (tertiary/aromatic N) is 1. The van der Waals surface area contributed by atoms with Gasteiger partial charge in [0, 0.05) is 21.7 Å². The van der Waals surface area contributed by atoms with E-state index in [0.717, 1.165) is 15.6 Å². The molecule has 1 aromatic heterocycles. The molecule has 1 atom stereocenters. The highest BCUT2D eigenvalue weighted by molar-refractivity contribution is 7.19. The molecular weight excluding hydrogens is 390 g/mol. The van der Waals surface area contributed by atoms with E-state index in [9.17, 15) is 14.4 Å². The van der Waals surface area contributed by atoms with Gasteiger partial charge in [-0.25, -0.2) is 4.79 Å². The Kier molecular flexibility index (Phi) is 3.85. The normalized spacial score (nSPS) is 20.7. The van der Waals surface area contributed by atoms with Crippen LogP contribution in [0.2, 0.25) is 0 Å². The van der Waals surface area contributed by atoms with Gasteiger partial charge < -0.3 is 15.0 Å². The van der Waals surface area contributed by atoms with Crippen molar-refractivity contribution in [3.8, 4) is 5.75 Å². The van der Waals surface area contributed by atoms with Crippen LogP contribution in [0.4, 0.5) is 4.79 Å². The summed E-state index contributed by atoms with van der Waals surface area (Å²) in [4.78, 5) is 40.3. The smallest absolute Gasteiger partial charge is 0.322 e. The van der Waals surface area contributed by atoms with Crippen molar-refractivity contribution < 1.29 is 19.1 Å². The summed E-state index contributed by atoms with van der Waals surface area (Å²) < 4.78 is 6.23. The molecule has 3 heterocycles. The summed E-state index contributed by atoms with van der Waals surface area (Å²) in [7, 11) is 1.55. The second kappa shape index (κ2) is 6.31. The Morgan fingerprint density at radius 3 is 2.69 bits per heavy atom. The summed E-state index contributed by atoms with van der Waals surface area (Å²) >= 11 is 1.44. The van der Waals surface area contributed by atoms with Gasteiger partial charge in [-0.15, -0.1) is 11.3 Å². The fourth-order valence-corrected chi connectivity index (χ4v) is 5.12. The number of urea groups is 1. The second-order valence-corrected chi connectivity index (χ2v) is 8.23. The zero-order valence-corrected chi connectivity index (χ0v) is 16.3. The zero-order chi connectivity index (χ0) is 20.2. The van der Waals surface area contributed by atoms with E-state index in [1.807, 2.05) is 36.4 Å². The number of hydrogen-bond donors (Lipinski definition) is 2. The van der Waals surface area contributed by atoms with Gasteiger partial charge in [0.05, 0.1) is 13.7 Å². The zero-order valence-electron chi connectivity index (χ0n) is 15.5. The van der Waals surface area contributed by atoms with Gasteiger partial charge in [0.15, 0.2) is 5.54 Å². The topological polar surface area (TPSA) is 87.7 Å². The van der Waals surface area contributed by atoms with Gasteiger partial charge in [-0.2, -0.15) is 0 Å². The summed E-state index contributed by atoms with van der Waals surface area (Å²) in [5, 5.41) is 6.11. The fraction of sp³-hybridized carbons (Fsp3) is 0.190. The standard InChI is InChI=1S/C21H17N3O4S/c1-28-14-7-6-13-10-24(18(25)15(13)9-14)11-21(19(26)22-20(27)23-21)17-8-12-4-2-3-5-16(12)29-17/h2-9H,10-11H2,1H3,(H2,22,23,26,27)/t21-/m0/s1. The highest BCUT2D eigenvalue weighted by atomic mass is 32.1. The van der Waals surface area contributed by atoms with E-state index in [1.54, 1.807) is 24.1 Å². The van der Waals surface area contributed by atoms with Crippen molar-refractivity contribution in [2.75, 3.05) is 13.7 Å². The van der Waals surface area contributed by atoms with E-state index in [1.165, 1.54) is 11.3 Å². The predicted molar refractivity (Wildman–Crippen MR) is 108 cm³/mol. The van der Waals surface area contributed by atoms with Crippen molar-refractivity contribution in [3.05, 3.63) is 64.5 Å². The second-order valence-electron chi connectivity index (χ2n) is 7.15. The Labute approximate surface area is 170 Å². The molecule has 29 heavy (non-hydrogen) atoms. The average Bonchev–Trinajstić information content (AvgIpc) is 3.36. The summed E-state index contributed by atoms with van der Waals surface area (Å²) in [6.07, 6.45) is 0. The number of carbonyl (C=O) groups excluding carboxylic acids is 3. The van der Waals surface area contributed by atoms with Crippen LogP contribution in [-0.2, 0) is 16.9 Å². The number of carbonyl (C=O) groups is 3. The molecule has 1 fully saturated rings. The summed E-state index contributed by atoms with van der Waals surface area (Å²) in [5.41, 5.74) is 0.107. The van der Waals surface area contributed by atoms with E-state index >= 15 is 0 Å². The third-order valence-corrected chi connectivity index (χ3v) is 6.69. The van der Waals surface area contributed by atoms with Crippen LogP contribution < -0.4 is 15.4 Å². The first-order chi connectivity index (χ1) is 14.0. The van der Waals surface area contributed by atoms with Crippen molar-refractivity contribution in [2.24, 2.45) is 0 Å². The number of rotatable bonds is 4. The maximum absolute atomic E-state index is 13.0. The van der Waals surface area contributed by atoms with E-state index in [2.05, 4.69) is 10.6 Å². The van der Waals surface area contributed by atoms with Crippen LogP contribution >= 0.6 is 11.3 Å². The minimum Gasteiger partial charge on any atom is -0.497 e. The number of thiophene rings is 1. The Morgan fingerprint density at radius 1 is 1.14 bits per heavy atom. The molecule has 0 aliphatic carbocycles. The molecule has 8 heteroatoms. The first-order valence-corrected chi connectivity index (χ1v) is 9.91. The molecule has 146 valence electrons. The number of hydrogen-bond acceptors (Lipinski definition) is 5. The minimum atomic E-state index is -1.32. The highest BCUT2D eigenvalue weighted by Crippen LogP contribution is 2.37. The lowest BCUT2D eigenvalue weighted by Crippen LogP contribution is -2.52. The molecule has 3 aromatic rings. The van der Waals surface area contributed by atoms with E-state index in [0.29, 0.717) is 22.7 Å². The summed E-state index contributed by atoms with van der Waals surface area (Å²) in [6, 6.07) is 14.5. The molecule has 7 nitrogen and oxygen atoms in total. The molecule has 0 spiro atoms. The van der Waals surface area contributed by atoms with Crippen molar-refractivity contribution >= 4 is 39.3 Å². The van der Waals surface area contributed by atoms with Gasteiger partial charge in [0.1, 0.15) is 5.75 Å². The molecular formula is C21H17N3O4S. The molecule has 5 rings (SSSR count). The highest BCUT2D eigenvalue weighted by Gasteiger charge is 2.51. The number of amides is 4. The lowest BCUT2D eigenvalue weighted by Gasteiger charge is -2.30. The van der Waals surface area contributed by atoms with Crippen LogP contribution in [0, 0.1) is 0 Å². The van der Waals surface area contributed by atoms with Crippen molar-refractivity contribution in [2.45, 2.75) is 12.1 Å². The lowest BCUT2D eigenvalue weighted by molar-refractivity contribution is -0.124. The Hall–Kier alpha value is -3.39. The minimum absolute atomic E-state index is 0.0488. The van der Waals surface area contributed by atoms with Gasteiger partial charge in [-0.3, -0.25) is 14.9 Å². The van der Waals surface area contributed by atoms with E-state index in [4.69, 9.17) is 4.74 Å². The van der Waals surface area contributed by atoms with Crippen LogP contribution in [0.3, 0.4) is 0 Å². The Balaban J connectivity index is 1.54. The molecule has 2 aliphatic heterocycles. The number of ether oxygens (including phenoxy) is 1. The van der Waals surface area contributed by atoms with Crippen molar-refractivity contribution in [1.82, 2.24) is 15.5 Å². The Bertz CT molecular complexity index is 1150. The van der Waals surface area contributed by atoms with Crippen molar-refractivity contribution in [3.63, 3.8) is 0 Å². The molecule has 0 unspecified atom stereocenters. The maximum Gasteiger partial charge on any atom is 0.322 e. The molecule has 0 radical (unpaired) electrons. The fourth-order valence-electron chi connectivity index (χ4n) is 3.93. The molecule has 2 aliphatic rings. The summed E-state index contributed by atoms with van der Waals surface area (Å²) in [6.45, 7) is 0.418. The molecule has 1 saturated heterocycles. The predicted octanol–water partition coefficient (Wildman–Crippen LogP) is 2.60. The van der Waals surface area contributed by atoms with Crippen molar-refractivity contribution in [1.29, 1.82) is 0 Å². The van der Waals surface area contributed by atoms with Crippen LogP contribution in [0.1, 0.15) is 20.8 Å². The average molecular weight is 407 g/mol. The molecule has 0 bridgehead atoms. The quantitative estimate of drug-likeness (QED) is 0.651. The van der Waals surface area contributed by atoms with Crippen LogP contribution in [0.15, 0.2) is 48.5 Å². The van der Waals surface area contributed by atoms with Crippen LogP contribution in [0.5, 0.6) is 5.75 Å². The lowest BCUT2D eigenvalue weighted by atomic mass is 9.96. The van der Waals surface area contributed by atoms with Gasteiger partial charge in [-0.05, 0) is 35.2 Å². The van der Waals surface area contributed by atoms with Gasteiger partial charge in [0.2, 0.25) is 0 Å². The number of benzene rings is 2. The number of fused-ring (bicyclic) bond motifs is 2. The molecule has 2 N–H and O–H groups in total. The van der Waals surface area contributed by atoms with E-state index < -0.39 is 17.5 Å². The van der Waals surface area contributed by atoms with Crippen LogP contribution in [-0.4, -0.2) is 36.4 Å². The number of imide groups is 1. The van der Waals surface area contributed by atoms with E-state index in [-0.39, 0.29) is 12.5 Å².